The number of carbonyl (C=O) groups excluding carboxylic acids is 1. The van der Waals surface area contributed by atoms with Crippen LogP contribution in [0.4, 0.5) is 4.39 Å². The summed E-state index contributed by atoms with van der Waals surface area (Å²) in [6.45, 7) is 1.47. The van der Waals surface area contributed by atoms with Crippen LogP contribution in [0.1, 0.15) is 23.8 Å². The summed E-state index contributed by atoms with van der Waals surface area (Å²) in [6, 6.07) is 7.77. The maximum Gasteiger partial charge on any atom is 0.305 e. The van der Waals surface area contributed by atoms with E-state index >= 15 is 0 Å². The molecule has 0 aliphatic carbocycles. The molecule has 0 aliphatic heterocycles. The summed E-state index contributed by atoms with van der Waals surface area (Å²) in [6.07, 6.45) is -0.375. The van der Waals surface area contributed by atoms with Crippen LogP contribution < -0.4 is 10.9 Å². The van der Waals surface area contributed by atoms with Gasteiger partial charge in [-0.3, -0.25) is 14.4 Å². The summed E-state index contributed by atoms with van der Waals surface area (Å²) in [5, 5.41) is 15.4. The maximum atomic E-state index is 13.9. The number of amides is 1. The van der Waals surface area contributed by atoms with Crippen molar-refractivity contribution >= 4 is 11.9 Å². The maximum absolute atomic E-state index is 13.9. The molecule has 1 heterocycles. The monoisotopic (exact) mass is 363 g/mol. The van der Waals surface area contributed by atoms with Crippen LogP contribution in [0, 0.1) is 5.82 Å². The van der Waals surface area contributed by atoms with Crippen molar-refractivity contribution in [1.29, 1.82) is 0 Å². The molecule has 2 rings (SSSR count). The number of benzene rings is 1. The Morgan fingerprint density at radius 2 is 2.00 bits per heavy atom. The Morgan fingerprint density at radius 3 is 2.62 bits per heavy atom. The number of nitrogens with one attached hydrogen (secondary N) is 1. The van der Waals surface area contributed by atoms with E-state index in [1.165, 1.54) is 44.4 Å². The van der Waals surface area contributed by atoms with E-state index in [4.69, 9.17) is 9.84 Å². The highest BCUT2D eigenvalue weighted by Crippen LogP contribution is 2.13. The Balaban J connectivity index is 2.35. The lowest BCUT2D eigenvalue weighted by Gasteiger charge is -2.28. The van der Waals surface area contributed by atoms with Crippen molar-refractivity contribution in [2.45, 2.75) is 18.9 Å². The molecule has 9 heteroatoms. The first kappa shape index (κ1) is 19.3. The summed E-state index contributed by atoms with van der Waals surface area (Å²) in [5.41, 5.74) is -2.06. The van der Waals surface area contributed by atoms with Gasteiger partial charge < -0.3 is 15.2 Å². The number of aliphatic carboxylic acids is 1. The van der Waals surface area contributed by atoms with Crippen LogP contribution in [0.15, 0.2) is 41.2 Å². The van der Waals surface area contributed by atoms with Gasteiger partial charge in [0.1, 0.15) is 17.2 Å². The fourth-order valence-electron chi connectivity index (χ4n) is 2.45. The normalized spacial score (nSPS) is 13.0. The number of carboxylic acid groups (broad SMARTS) is 1. The zero-order valence-electron chi connectivity index (χ0n) is 14.2. The number of ether oxygens (including phenoxy) is 1. The molecule has 0 bridgehead atoms. The quantitative estimate of drug-likeness (QED) is 0.759. The first-order chi connectivity index (χ1) is 12.3. The third kappa shape index (κ3) is 4.51. The molecule has 1 aromatic carbocycles. The molecule has 0 saturated carbocycles. The van der Waals surface area contributed by atoms with E-state index in [0.717, 1.165) is 10.7 Å². The lowest BCUT2D eigenvalue weighted by atomic mass is 9.98. The number of nitrogens with zero attached hydrogens (tertiary/aromatic N) is 2. The van der Waals surface area contributed by atoms with Crippen molar-refractivity contribution in [2.75, 3.05) is 13.7 Å². The Hall–Kier alpha value is -3.07. The van der Waals surface area contributed by atoms with E-state index in [1.807, 2.05) is 0 Å². The number of carbonyl (C=O) groups is 2. The van der Waals surface area contributed by atoms with Crippen LogP contribution >= 0.6 is 0 Å². The lowest BCUT2D eigenvalue weighted by Crippen LogP contribution is -2.51. The van der Waals surface area contributed by atoms with Gasteiger partial charge in [-0.25, -0.2) is 4.39 Å². The van der Waals surface area contributed by atoms with Gasteiger partial charge >= 0.3 is 5.97 Å². The Morgan fingerprint density at radius 1 is 1.31 bits per heavy atom. The summed E-state index contributed by atoms with van der Waals surface area (Å²) in [4.78, 5) is 35.5. The van der Waals surface area contributed by atoms with Crippen LogP contribution in [0.3, 0.4) is 0 Å². The van der Waals surface area contributed by atoms with E-state index in [0.29, 0.717) is 0 Å². The van der Waals surface area contributed by atoms with Gasteiger partial charge in [0.25, 0.3) is 11.5 Å². The highest BCUT2D eigenvalue weighted by Gasteiger charge is 2.30. The Labute approximate surface area is 148 Å². The van der Waals surface area contributed by atoms with E-state index < -0.39 is 28.8 Å². The summed E-state index contributed by atoms with van der Waals surface area (Å²) < 4.78 is 19.7. The zero-order chi connectivity index (χ0) is 19.3. The van der Waals surface area contributed by atoms with Gasteiger partial charge in [-0.2, -0.15) is 9.78 Å². The van der Waals surface area contributed by atoms with Gasteiger partial charge in [-0.05, 0) is 25.1 Å². The first-order valence-corrected chi connectivity index (χ1v) is 7.64. The van der Waals surface area contributed by atoms with E-state index in [-0.39, 0.29) is 24.4 Å². The van der Waals surface area contributed by atoms with Gasteiger partial charge in [0.2, 0.25) is 0 Å². The van der Waals surface area contributed by atoms with Crippen LogP contribution in [-0.4, -0.2) is 46.0 Å². The number of halogens is 1. The fourth-order valence-corrected chi connectivity index (χ4v) is 2.45. The molecule has 0 saturated heterocycles. The number of carboxylic acids is 1. The van der Waals surface area contributed by atoms with Gasteiger partial charge in [0.05, 0.1) is 18.6 Å². The number of para-hydroxylation sites is 1. The second-order valence-corrected chi connectivity index (χ2v) is 5.94. The predicted molar refractivity (Wildman–Crippen MR) is 89.8 cm³/mol. The molecule has 1 unspecified atom stereocenters. The molecular formula is C17H18FN3O5. The fraction of sp³-hybridized carbons (Fsp3) is 0.294. The summed E-state index contributed by atoms with van der Waals surface area (Å²) >= 11 is 0. The second kappa shape index (κ2) is 7.87. The number of methoxy groups -OCH3 is 1. The molecule has 138 valence electrons. The molecule has 8 nitrogen and oxygen atoms in total. The largest absolute Gasteiger partial charge is 0.481 e. The average Bonchev–Trinajstić information content (AvgIpc) is 2.55. The summed E-state index contributed by atoms with van der Waals surface area (Å²) in [7, 11) is 1.38. The second-order valence-electron chi connectivity index (χ2n) is 5.94. The molecule has 0 spiro atoms. The van der Waals surface area contributed by atoms with E-state index in [1.54, 1.807) is 0 Å². The van der Waals surface area contributed by atoms with Crippen LogP contribution in [-0.2, 0) is 9.53 Å². The van der Waals surface area contributed by atoms with Crippen LogP contribution in [0.5, 0.6) is 0 Å². The van der Waals surface area contributed by atoms with Gasteiger partial charge in [0.15, 0.2) is 0 Å². The molecule has 1 aromatic heterocycles. The average molecular weight is 363 g/mol. The van der Waals surface area contributed by atoms with Crippen molar-refractivity contribution in [2.24, 2.45) is 0 Å². The highest BCUT2D eigenvalue weighted by molar-refractivity contribution is 5.93. The molecular weight excluding hydrogens is 345 g/mol. The van der Waals surface area contributed by atoms with Gasteiger partial charge in [0, 0.05) is 13.2 Å². The topological polar surface area (TPSA) is 111 Å². The minimum atomic E-state index is -1.18. The molecule has 0 fully saturated rings. The van der Waals surface area contributed by atoms with Crippen LogP contribution in [0.25, 0.3) is 5.69 Å². The van der Waals surface area contributed by atoms with Crippen LogP contribution in [0.2, 0.25) is 0 Å². The minimum Gasteiger partial charge on any atom is -0.481 e. The third-order valence-electron chi connectivity index (χ3n) is 3.53. The number of rotatable bonds is 7. The smallest absolute Gasteiger partial charge is 0.305 e. The third-order valence-corrected chi connectivity index (χ3v) is 3.53. The molecule has 2 aromatic rings. The van der Waals surface area contributed by atoms with Crippen molar-refractivity contribution in [3.8, 4) is 5.69 Å². The molecule has 26 heavy (non-hydrogen) atoms. The first-order valence-electron chi connectivity index (χ1n) is 7.64. The summed E-state index contributed by atoms with van der Waals surface area (Å²) in [5.74, 6) is -2.50. The predicted octanol–water partition coefficient (Wildman–Crippen LogP) is 0.981. The highest BCUT2D eigenvalue weighted by atomic mass is 19.1. The van der Waals surface area contributed by atoms with Crippen molar-refractivity contribution in [1.82, 2.24) is 15.1 Å². The van der Waals surface area contributed by atoms with Gasteiger partial charge in [-0.15, -0.1) is 0 Å². The standard InChI is InChI=1S/C17H18FN3O5/c1-17(10-26-2,9-15(23)24)19-16(25)12-7-8-14(22)21(20-12)13-6-4-3-5-11(13)18/h3-8H,9-10H2,1-2H3,(H,19,25)(H,23,24). The Bertz CT molecular complexity index is 883. The minimum absolute atomic E-state index is 0.0437. The van der Waals surface area contributed by atoms with E-state index in [9.17, 15) is 18.8 Å². The SMILES string of the molecule is COCC(C)(CC(=O)O)NC(=O)c1ccc(=O)n(-c2ccccc2F)n1. The molecule has 2 N–H and O–H groups in total. The zero-order valence-corrected chi connectivity index (χ0v) is 14.2. The lowest BCUT2D eigenvalue weighted by molar-refractivity contribution is -0.139. The molecule has 1 atom stereocenters. The van der Waals surface area contributed by atoms with Gasteiger partial charge in [-0.1, -0.05) is 12.1 Å². The van der Waals surface area contributed by atoms with E-state index in [2.05, 4.69) is 10.4 Å². The molecule has 0 radical (unpaired) electrons. The molecule has 1 amide bonds. The Kier molecular flexibility index (Phi) is 5.83. The molecule has 0 aliphatic rings. The number of hydrogen-bond acceptors (Lipinski definition) is 5. The van der Waals surface area contributed by atoms with Crippen molar-refractivity contribution in [3.05, 3.63) is 58.3 Å². The van der Waals surface area contributed by atoms with Crippen molar-refractivity contribution in [3.63, 3.8) is 0 Å². The number of hydrogen-bond donors (Lipinski definition) is 2. The number of aromatic nitrogens is 2. The van der Waals surface area contributed by atoms with Crippen molar-refractivity contribution < 1.29 is 23.8 Å².